The van der Waals surface area contributed by atoms with E-state index < -0.39 is 144 Å². The first-order chi connectivity index (χ1) is 40.5. The number of ketones is 1. The van der Waals surface area contributed by atoms with E-state index in [4.69, 9.17) is 21.9 Å². The molecule has 0 unspecified atom stereocenters. The molecule has 0 radical (unpaired) electrons. The number of hydrogen-bond acceptors (Lipinski definition) is 16. The standard InChI is InChI=1S/C55H98N16O16/c1-13-35(66-44(77)33(9)63-48(81)39(25-30(4)5)69-50(83)41(27-43(75)76)65-42(74)28-62-45(78)36(64-34(10)73)16-14-19-60-53(56)57)47(80)68-40(26-31(6)7)49(82)67-37(17-15-20-61-54(58)86)51(84)71-55(11,12)52(85)70-38(24-29(2)3)46(79)59-21-23-87-22-18-32(8)72/h29-31,33,35-41H,13-28H2,1-12H3,(H,59,79)(H,62,78)(H,63,81)(H,64,73)(H,65,74)(H,66,77)(H,67,82)(H,68,80)(H,69,83)(H,70,85)(H,71,84)(H,75,76)(H4,56,57,60)(H3,58,61,86)/t33-,35-,36-,37-,38-,39-,40-,41-/m0/s1. The molecule has 0 aromatic rings. The molecule has 19 N–H and O–H groups in total. The molecule has 0 bridgehead atoms. The van der Waals surface area contributed by atoms with E-state index in [2.05, 4.69) is 68.8 Å². The Kier molecular flexibility index (Phi) is 37.1. The lowest BCUT2D eigenvalue weighted by Crippen LogP contribution is -2.63. The molecule has 13 amide bonds. The highest BCUT2D eigenvalue weighted by Crippen LogP contribution is 2.13. The Hall–Kier alpha value is -8.19. The maximum atomic E-state index is 14.2. The van der Waals surface area contributed by atoms with Crippen molar-refractivity contribution in [1.82, 2.24) is 63.8 Å². The average Bonchev–Trinajstić information content (AvgIpc) is 2.05. The molecular formula is C55H98N16O16. The summed E-state index contributed by atoms with van der Waals surface area (Å²) in [7, 11) is 0. The normalized spacial score (nSPS) is 13.9. The van der Waals surface area contributed by atoms with Crippen LogP contribution in [-0.2, 0) is 67.1 Å². The summed E-state index contributed by atoms with van der Waals surface area (Å²) in [6, 6.07) is -11.4. The van der Waals surface area contributed by atoms with Crippen molar-refractivity contribution in [3.8, 4) is 0 Å². The maximum absolute atomic E-state index is 14.2. The van der Waals surface area contributed by atoms with Gasteiger partial charge >= 0.3 is 12.0 Å². The lowest BCUT2D eigenvalue weighted by atomic mass is 9.98. The Morgan fingerprint density at radius 2 is 1.00 bits per heavy atom. The van der Waals surface area contributed by atoms with Gasteiger partial charge in [0.15, 0.2) is 5.96 Å². The van der Waals surface area contributed by atoms with Crippen molar-refractivity contribution in [1.29, 1.82) is 0 Å². The van der Waals surface area contributed by atoms with E-state index >= 15 is 0 Å². The number of aliphatic carboxylic acids is 1. The topological polar surface area (TPSA) is 503 Å². The van der Waals surface area contributed by atoms with E-state index in [1.54, 1.807) is 34.6 Å². The van der Waals surface area contributed by atoms with Crippen LogP contribution in [0.5, 0.6) is 0 Å². The second-order valence-corrected chi connectivity index (χ2v) is 22.8. The zero-order valence-electron chi connectivity index (χ0n) is 52.4. The van der Waals surface area contributed by atoms with Gasteiger partial charge in [0.1, 0.15) is 59.7 Å². The molecule has 32 nitrogen and oxygen atoms in total. The molecule has 0 saturated carbocycles. The van der Waals surface area contributed by atoms with E-state index in [0.717, 1.165) is 0 Å². The molecule has 0 fully saturated rings. The predicted molar refractivity (Wildman–Crippen MR) is 319 cm³/mol. The fourth-order valence-electron chi connectivity index (χ4n) is 8.16. The highest BCUT2D eigenvalue weighted by molar-refractivity contribution is 5.99. The molecule has 32 heteroatoms. The number of nitrogens with one attached hydrogen (secondary N) is 12. The SMILES string of the molecule is CC[C@H](NC(=O)[C@H](C)NC(=O)[C@H](CC(C)C)NC(=O)[C@H](CC(=O)O)NC(=O)CNC(=O)[C@H](CCCN=C(N)N)NC(C)=O)C(=O)N[C@@H](CC(C)C)C(=O)N[C@@H](CCCNC(N)=O)C(=O)NC(C)(C)C(=O)N[C@@H](CC(C)C)C(=O)NCCOCCC(C)=O. The molecule has 494 valence electrons. The van der Waals surface area contributed by atoms with Gasteiger partial charge in [0.05, 0.1) is 26.2 Å². The summed E-state index contributed by atoms with van der Waals surface area (Å²) in [6.07, 6.45) is -0.165. The summed E-state index contributed by atoms with van der Waals surface area (Å²) >= 11 is 0. The summed E-state index contributed by atoms with van der Waals surface area (Å²) < 4.78 is 5.38. The number of urea groups is 1. The molecule has 0 aliphatic rings. The Balaban J connectivity index is 6.26. The number of nitrogens with two attached hydrogens (primary N) is 3. The second-order valence-electron chi connectivity index (χ2n) is 22.8. The number of guanidine groups is 1. The van der Waals surface area contributed by atoms with Crippen LogP contribution in [0.25, 0.3) is 0 Å². The molecular weight excluding hydrogens is 1140 g/mol. The van der Waals surface area contributed by atoms with Gasteiger partial charge in [-0.2, -0.15) is 0 Å². The maximum Gasteiger partial charge on any atom is 0.312 e. The van der Waals surface area contributed by atoms with Gasteiger partial charge in [0.2, 0.25) is 65.0 Å². The zero-order chi connectivity index (χ0) is 66.7. The van der Waals surface area contributed by atoms with E-state index in [1.807, 2.05) is 13.8 Å². The van der Waals surface area contributed by atoms with Crippen molar-refractivity contribution in [2.24, 2.45) is 39.9 Å². The van der Waals surface area contributed by atoms with Gasteiger partial charge in [-0.25, -0.2) is 4.79 Å². The minimum Gasteiger partial charge on any atom is -0.481 e. The average molecular weight is 1240 g/mol. The highest BCUT2D eigenvalue weighted by Gasteiger charge is 2.37. The number of Topliss-reactive ketones (excluding diaryl/α,β-unsaturated/α-hetero) is 1. The number of rotatable bonds is 43. The summed E-state index contributed by atoms with van der Waals surface area (Å²) in [5.41, 5.74) is 14.2. The lowest BCUT2D eigenvalue weighted by molar-refractivity contribution is -0.141. The molecule has 0 aliphatic carbocycles. The number of amides is 13. The van der Waals surface area contributed by atoms with Gasteiger partial charge in [-0.15, -0.1) is 0 Å². The smallest absolute Gasteiger partial charge is 0.312 e. The van der Waals surface area contributed by atoms with E-state index in [9.17, 15) is 72.2 Å². The van der Waals surface area contributed by atoms with Crippen LogP contribution in [0.4, 0.5) is 4.79 Å². The van der Waals surface area contributed by atoms with Crippen molar-refractivity contribution in [2.75, 3.05) is 39.4 Å². The first-order valence-electron chi connectivity index (χ1n) is 29.1. The quantitative estimate of drug-likeness (QED) is 0.0160. The molecule has 8 atom stereocenters. The Labute approximate surface area is 508 Å². The highest BCUT2D eigenvalue weighted by atomic mass is 16.5. The zero-order valence-corrected chi connectivity index (χ0v) is 52.4. The molecule has 0 aliphatic heterocycles. The molecule has 0 rings (SSSR count). The van der Waals surface area contributed by atoms with Crippen LogP contribution < -0.4 is 81.0 Å². The number of hydrogen-bond donors (Lipinski definition) is 16. The van der Waals surface area contributed by atoms with Gasteiger partial charge in [-0.05, 0) is 96.8 Å². The third kappa shape index (κ3) is 35.1. The van der Waals surface area contributed by atoms with Crippen molar-refractivity contribution < 1.29 is 77.0 Å². The van der Waals surface area contributed by atoms with E-state index in [-0.39, 0.29) is 120 Å². The minimum absolute atomic E-state index is 0.00397. The van der Waals surface area contributed by atoms with Gasteiger partial charge in [0.25, 0.3) is 0 Å². The number of carbonyl (C=O) groups is 14. The number of aliphatic imine (C=N–C) groups is 1. The minimum atomic E-state index is -1.76. The Bertz CT molecular complexity index is 2380. The molecule has 0 aromatic carbocycles. The van der Waals surface area contributed by atoms with Crippen LogP contribution >= 0.6 is 0 Å². The van der Waals surface area contributed by atoms with Gasteiger partial charge < -0.3 is 90.8 Å². The van der Waals surface area contributed by atoms with Crippen LogP contribution in [0.3, 0.4) is 0 Å². The van der Waals surface area contributed by atoms with Gasteiger partial charge in [0, 0.05) is 33.0 Å². The monoisotopic (exact) mass is 1240 g/mol. The number of ether oxygens (including phenoxy) is 1. The molecule has 0 saturated heterocycles. The van der Waals surface area contributed by atoms with E-state index in [0.29, 0.717) is 0 Å². The number of primary amides is 1. The third-order valence-corrected chi connectivity index (χ3v) is 12.6. The first-order valence-corrected chi connectivity index (χ1v) is 29.1. The van der Waals surface area contributed by atoms with Crippen LogP contribution in [0.15, 0.2) is 4.99 Å². The fourth-order valence-corrected chi connectivity index (χ4v) is 8.16. The van der Waals surface area contributed by atoms with Crippen molar-refractivity contribution >= 4 is 88.7 Å². The molecule has 0 aromatic heterocycles. The predicted octanol–water partition coefficient (Wildman–Crippen LogP) is -3.45. The van der Waals surface area contributed by atoms with E-state index in [1.165, 1.54) is 34.6 Å². The summed E-state index contributed by atoms with van der Waals surface area (Å²) in [5, 5.41) is 39.8. The van der Waals surface area contributed by atoms with Crippen molar-refractivity contribution in [2.45, 2.75) is 201 Å². The summed E-state index contributed by atoms with van der Waals surface area (Å²) in [6.45, 7) is 18.7. The number of carboxylic acids is 1. The first kappa shape index (κ1) is 78.8. The fraction of sp³-hybridized carbons (Fsp3) is 0.727. The lowest BCUT2D eigenvalue weighted by Gasteiger charge is -2.31. The largest absolute Gasteiger partial charge is 0.481 e. The number of carboxylic acid groups (broad SMARTS) is 1. The van der Waals surface area contributed by atoms with Crippen molar-refractivity contribution in [3.05, 3.63) is 0 Å². The number of nitrogens with zero attached hydrogens (tertiary/aromatic N) is 1. The summed E-state index contributed by atoms with van der Waals surface area (Å²) in [4.78, 5) is 186. The van der Waals surface area contributed by atoms with Gasteiger partial charge in [-0.3, -0.25) is 67.3 Å². The third-order valence-electron chi connectivity index (χ3n) is 12.6. The van der Waals surface area contributed by atoms with Crippen LogP contribution in [0, 0.1) is 17.8 Å². The van der Waals surface area contributed by atoms with Crippen LogP contribution in [-0.4, -0.2) is 187 Å². The van der Waals surface area contributed by atoms with Crippen molar-refractivity contribution in [3.63, 3.8) is 0 Å². The second kappa shape index (κ2) is 41.0. The van der Waals surface area contributed by atoms with Crippen LogP contribution in [0.2, 0.25) is 0 Å². The molecule has 87 heavy (non-hydrogen) atoms. The number of carbonyl (C=O) groups excluding carboxylic acids is 13. The Morgan fingerprint density at radius 3 is 1.51 bits per heavy atom. The Morgan fingerprint density at radius 1 is 0.517 bits per heavy atom. The van der Waals surface area contributed by atoms with Gasteiger partial charge in [-0.1, -0.05) is 48.5 Å². The molecule has 0 spiro atoms. The molecule has 0 heterocycles. The van der Waals surface area contributed by atoms with Crippen LogP contribution in [0.1, 0.15) is 147 Å². The summed E-state index contributed by atoms with van der Waals surface area (Å²) in [5.74, 6) is -11.2.